The van der Waals surface area contributed by atoms with E-state index in [0.29, 0.717) is 29.7 Å². The Hall–Kier alpha value is -1.32. The van der Waals surface area contributed by atoms with Crippen LogP contribution in [0.5, 0.6) is 0 Å². The van der Waals surface area contributed by atoms with Crippen LogP contribution in [0.15, 0.2) is 18.5 Å². The molecule has 2 bridgehead atoms. The zero-order valence-electron chi connectivity index (χ0n) is 19.4. The third kappa shape index (κ3) is 3.29. The number of fused-ring (bicyclic) bond motifs is 2. The van der Waals surface area contributed by atoms with Gasteiger partial charge in [0, 0.05) is 49.8 Å². The van der Waals surface area contributed by atoms with E-state index in [2.05, 4.69) is 34.0 Å². The first kappa shape index (κ1) is 21.2. The van der Waals surface area contributed by atoms with Gasteiger partial charge in [0.25, 0.3) is 0 Å². The van der Waals surface area contributed by atoms with Crippen molar-refractivity contribution in [3.05, 3.63) is 18.5 Å². The number of nitrogens with one attached hydrogen (secondary N) is 1. The molecule has 32 heavy (non-hydrogen) atoms. The summed E-state index contributed by atoms with van der Waals surface area (Å²) in [6.07, 6.45) is 9.57. The number of piperidine rings is 1. The van der Waals surface area contributed by atoms with Crippen molar-refractivity contribution < 1.29 is 19.2 Å². The lowest BCUT2D eigenvalue weighted by atomic mass is 9.58. The topological polar surface area (TPSA) is 78.0 Å². The third-order valence-corrected chi connectivity index (χ3v) is 8.89. The molecule has 176 valence electrons. The van der Waals surface area contributed by atoms with Gasteiger partial charge in [-0.15, -0.1) is 0 Å². The summed E-state index contributed by atoms with van der Waals surface area (Å²) in [5.74, 6) is 1.79. The Balaban J connectivity index is 1.18. The number of anilines is 1. The first-order valence-corrected chi connectivity index (χ1v) is 12.5. The number of nitrogens with zero attached hydrogens (tertiary/aromatic N) is 3. The Morgan fingerprint density at radius 3 is 2.56 bits per heavy atom. The van der Waals surface area contributed by atoms with E-state index in [1.165, 1.54) is 6.42 Å². The molecule has 5 aliphatic heterocycles. The van der Waals surface area contributed by atoms with Crippen molar-refractivity contribution in [2.45, 2.75) is 89.2 Å². The molecule has 1 aromatic heterocycles. The molecule has 8 heteroatoms. The van der Waals surface area contributed by atoms with Crippen LogP contribution in [0.1, 0.15) is 59.3 Å². The molecular formula is C24H36N4O4. The maximum absolute atomic E-state index is 6.69. The highest BCUT2D eigenvalue weighted by Gasteiger charge is 2.69. The summed E-state index contributed by atoms with van der Waals surface area (Å²) in [5.41, 5.74) is -0.487. The van der Waals surface area contributed by atoms with E-state index in [0.717, 1.165) is 51.1 Å². The van der Waals surface area contributed by atoms with Crippen molar-refractivity contribution in [3.8, 4) is 0 Å². The molecular weight excluding hydrogens is 408 g/mol. The normalized spacial score (nSPS) is 46.5. The molecule has 8 nitrogen and oxygen atoms in total. The van der Waals surface area contributed by atoms with Crippen molar-refractivity contribution in [1.82, 2.24) is 15.3 Å². The molecule has 1 saturated carbocycles. The van der Waals surface area contributed by atoms with Gasteiger partial charge in [0.1, 0.15) is 6.23 Å². The average molecular weight is 445 g/mol. The molecule has 1 aromatic rings. The minimum absolute atomic E-state index is 0.0410. The van der Waals surface area contributed by atoms with Crippen LogP contribution in [0.2, 0.25) is 0 Å². The minimum atomic E-state index is -0.719. The Morgan fingerprint density at radius 2 is 1.78 bits per heavy atom. The second kappa shape index (κ2) is 7.87. The van der Waals surface area contributed by atoms with Gasteiger partial charge >= 0.3 is 0 Å². The Labute approximate surface area is 190 Å². The molecule has 6 fully saturated rings. The molecule has 0 radical (unpaired) electrons. The molecule has 0 amide bonds. The van der Waals surface area contributed by atoms with E-state index in [1.54, 1.807) is 0 Å². The lowest BCUT2D eigenvalue weighted by molar-refractivity contribution is -0.571. The number of ether oxygens (including phenoxy) is 2. The molecule has 1 spiro atoms. The standard InChI is InChI=1S/C24H36N4O4/c1-15-5-6-19-16(2)20(27-17-8-13-28(14-9-17)22-25-11-4-12-26-22)29-21-24(19)18(15)7-10-23(3,30-21)31-32-24/h4,11-12,15-21,27H,5-10,13-14H2,1-3H3/t15-,16-,18+,19+,20-,21-,23+,24-/m1/s1. The van der Waals surface area contributed by atoms with Crippen molar-refractivity contribution in [2.24, 2.45) is 23.7 Å². The van der Waals surface area contributed by atoms with E-state index in [9.17, 15) is 0 Å². The Morgan fingerprint density at radius 1 is 1.00 bits per heavy atom. The van der Waals surface area contributed by atoms with Crippen molar-refractivity contribution >= 4 is 5.95 Å². The maximum Gasteiger partial charge on any atom is 0.225 e. The van der Waals surface area contributed by atoms with Crippen LogP contribution >= 0.6 is 0 Å². The summed E-state index contributed by atoms with van der Waals surface area (Å²) in [5, 5.41) is 3.85. The van der Waals surface area contributed by atoms with Gasteiger partial charge in [0.05, 0.1) is 0 Å². The lowest BCUT2D eigenvalue weighted by Crippen LogP contribution is -2.72. The lowest BCUT2D eigenvalue weighted by Gasteiger charge is -2.60. The van der Waals surface area contributed by atoms with Crippen LogP contribution in [0.25, 0.3) is 0 Å². The summed E-state index contributed by atoms with van der Waals surface area (Å²) in [7, 11) is 0. The van der Waals surface area contributed by atoms with Gasteiger partial charge in [0.15, 0.2) is 11.9 Å². The first-order chi connectivity index (χ1) is 15.5. The number of hydrogen-bond acceptors (Lipinski definition) is 8. The SMILES string of the molecule is C[C@H]1[C@H](NC2CCN(c3ncccn3)CC2)O[C@@H]2O[C@]3(C)CC[C@H]4[C@H](C)CC[C@@H]1[C@@]24OO3. The Bertz CT molecular complexity index is 821. The molecule has 8 atom stereocenters. The monoisotopic (exact) mass is 444 g/mol. The van der Waals surface area contributed by atoms with E-state index in [1.807, 2.05) is 25.4 Å². The average Bonchev–Trinajstić information content (AvgIpc) is 3.04. The predicted octanol–water partition coefficient (Wildman–Crippen LogP) is 3.24. The molecule has 7 rings (SSSR count). The molecule has 0 unspecified atom stereocenters. The van der Waals surface area contributed by atoms with Crippen LogP contribution in [0.4, 0.5) is 5.95 Å². The minimum Gasteiger partial charge on any atom is -0.341 e. The van der Waals surface area contributed by atoms with Crippen LogP contribution in [0, 0.1) is 23.7 Å². The largest absolute Gasteiger partial charge is 0.341 e. The fraction of sp³-hybridized carbons (Fsp3) is 0.833. The zero-order chi connectivity index (χ0) is 21.9. The highest BCUT2D eigenvalue weighted by atomic mass is 17.3. The van der Waals surface area contributed by atoms with E-state index in [4.69, 9.17) is 19.2 Å². The zero-order valence-corrected chi connectivity index (χ0v) is 19.4. The van der Waals surface area contributed by atoms with Crippen LogP contribution in [0.3, 0.4) is 0 Å². The highest BCUT2D eigenvalue weighted by molar-refractivity contribution is 5.29. The van der Waals surface area contributed by atoms with Crippen molar-refractivity contribution in [3.63, 3.8) is 0 Å². The van der Waals surface area contributed by atoms with Crippen LogP contribution < -0.4 is 10.2 Å². The highest BCUT2D eigenvalue weighted by Crippen LogP contribution is 2.60. The number of aromatic nitrogens is 2. The van der Waals surface area contributed by atoms with E-state index >= 15 is 0 Å². The second-order valence-corrected chi connectivity index (χ2v) is 10.8. The molecule has 6 aliphatic rings. The third-order valence-electron chi connectivity index (χ3n) is 8.89. The smallest absolute Gasteiger partial charge is 0.225 e. The fourth-order valence-corrected chi connectivity index (χ4v) is 7.03. The molecule has 0 aromatic carbocycles. The van der Waals surface area contributed by atoms with Gasteiger partial charge < -0.3 is 14.4 Å². The molecule has 6 heterocycles. The van der Waals surface area contributed by atoms with Crippen molar-refractivity contribution in [2.75, 3.05) is 18.0 Å². The number of rotatable bonds is 3. The van der Waals surface area contributed by atoms with Gasteiger partial charge in [-0.1, -0.05) is 13.8 Å². The van der Waals surface area contributed by atoms with E-state index in [-0.39, 0.29) is 12.5 Å². The summed E-state index contributed by atoms with van der Waals surface area (Å²) in [4.78, 5) is 23.3. The van der Waals surface area contributed by atoms with Crippen LogP contribution in [-0.4, -0.2) is 53.0 Å². The molecule has 5 saturated heterocycles. The summed E-state index contributed by atoms with van der Waals surface area (Å²) in [6.45, 7) is 8.56. The Kier molecular flexibility index (Phi) is 5.22. The summed E-state index contributed by atoms with van der Waals surface area (Å²) >= 11 is 0. The van der Waals surface area contributed by atoms with Gasteiger partial charge in [-0.25, -0.2) is 19.7 Å². The van der Waals surface area contributed by atoms with Crippen molar-refractivity contribution in [1.29, 1.82) is 0 Å². The maximum atomic E-state index is 6.69. The van der Waals surface area contributed by atoms with Crippen LogP contribution in [-0.2, 0) is 19.2 Å². The summed E-state index contributed by atoms with van der Waals surface area (Å²) in [6, 6.07) is 2.27. The number of hydrogen-bond donors (Lipinski definition) is 1. The van der Waals surface area contributed by atoms with Gasteiger partial charge in [-0.2, -0.15) is 0 Å². The molecule has 1 aliphatic carbocycles. The van der Waals surface area contributed by atoms with Gasteiger partial charge in [0.2, 0.25) is 11.7 Å². The summed E-state index contributed by atoms with van der Waals surface area (Å²) < 4.78 is 13.2. The fourth-order valence-electron chi connectivity index (χ4n) is 7.03. The first-order valence-electron chi connectivity index (χ1n) is 12.5. The van der Waals surface area contributed by atoms with Gasteiger partial charge in [-0.3, -0.25) is 5.32 Å². The van der Waals surface area contributed by atoms with E-state index < -0.39 is 11.4 Å². The molecule has 1 N–H and O–H groups in total. The quantitative estimate of drug-likeness (QED) is 0.712. The second-order valence-electron chi connectivity index (χ2n) is 10.8. The van der Waals surface area contributed by atoms with Gasteiger partial charge in [-0.05, 0) is 56.9 Å². The predicted molar refractivity (Wildman–Crippen MR) is 117 cm³/mol.